The molecule has 0 atom stereocenters. The summed E-state index contributed by atoms with van der Waals surface area (Å²) in [7, 11) is 1.77. The van der Waals surface area contributed by atoms with Crippen molar-refractivity contribution in [2.75, 3.05) is 26.7 Å². The van der Waals surface area contributed by atoms with E-state index in [9.17, 15) is 4.79 Å². The molecule has 1 aromatic carbocycles. The summed E-state index contributed by atoms with van der Waals surface area (Å²) in [5.41, 5.74) is 0. The maximum absolute atomic E-state index is 11.7. The van der Waals surface area contributed by atoms with E-state index in [4.69, 9.17) is 16.3 Å². The molecule has 0 bridgehead atoms. The van der Waals surface area contributed by atoms with Crippen LogP contribution in [0.2, 0.25) is 5.02 Å². The molecule has 0 saturated heterocycles. The third-order valence-electron chi connectivity index (χ3n) is 2.58. The van der Waals surface area contributed by atoms with E-state index < -0.39 is 0 Å². The van der Waals surface area contributed by atoms with Crippen LogP contribution in [0.25, 0.3) is 0 Å². The fourth-order valence-electron chi connectivity index (χ4n) is 1.41. The van der Waals surface area contributed by atoms with Crippen LogP contribution in [0, 0.1) is 0 Å². The Bertz CT molecular complexity index is 410. The zero-order valence-electron chi connectivity index (χ0n) is 11.6. The molecule has 0 heterocycles. The van der Waals surface area contributed by atoms with Crippen LogP contribution in [0.5, 0.6) is 5.75 Å². The standard InChI is InChI=1S/C14H21ClN2O2/c1-11(2)16-10-14(18)17(3)7-8-19-13-6-4-5-12(15)9-13/h4-6,9,11,16H,7-8,10H2,1-3H3. The monoisotopic (exact) mass is 284 g/mol. The lowest BCUT2D eigenvalue weighted by molar-refractivity contribution is -0.129. The van der Waals surface area contributed by atoms with E-state index in [0.29, 0.717) is 36.5 Å². The fourth-order valence-corrected chi connectivity index (χ4v) is 1.59. The second kappa shape index (κ2) is 8.02. The molecule has 1 amide bonds. The van der Waals surface area contributed by atoms with Gasteiger partial charge in [0.15, 0.2) is 0 Å². The molecule has 0 aromatic heterocycles. The Kier molecular flexibility index (Phi) is 6.67. The molecule has 0 saturated carbocycles. The summed E-state index contributed by atoms with van der Waals surface area (Å²) in [4.78, 5) is 13.4. The number of benzene rings is 1. The zero-order chi connectivity index (χ0) is 14.3. The molecule has 0 aliphatic carbocycles. The first kappa shape index (κ1) is 15.8. The normalized spacial score (nSPS) is 10.6. The second-order valence-corrected chi connectivity index (χ2v) is 5.09. The first-order chi connectivity index (χ1) is 8.99. The molecule has 4 nitrogen and oxygen atoms in total. The van der Waals surface area contributed by atoms with Crippen molar-refractivity contribution in [1.29, 1.82) is 0 Å². The van der Waals surface area contributed by atoms with Gasteiger partial charge in [-0.05, 0) is 18.2 Å². The summed E-state index contributed by atoms with van der Waals surface area (Å²) in [6.07, 6.45) is 0. The number of nitrogens with zero attached hydrogens (tertiary/aromatic N) is 1. The lowest BCUT2D eigenvalue weighted by Gasteiger charge is -2.18. The van der Waals surface area contributed by atoms with E-state index in [-0.39, 0.29) is 5.91 Å². The summed E-state index contributed by atoms with van der Waals surface area (Å²) in [6, 6.07) is 7.53. The SMILES string of the molecule is CC(C)NCC(=O)N(C)CCOc1cccc(Cl)c1. The van der Waals surface area contributed by atoms with Crippen LogP contribution in [-0.2, 0) is 4.79 Å². The lowest BCUT2D eigenvalue weighted by Crippen LogP contribution is -2.39. The van der Waals surface area contributed by atoms with Crippen LogP contribution < -0.4 is 10.1 Å². The predicted octanol–water partition coefficient (Wildman–Crippen LogP) is 2.18. The Hall–Kier alpha value is -1.26. The van der Waals surface area contributed by atoms with Gasteiger partial charge in [-0.2, -0.15) is 0 Å². The third kappa shape index (κ3) is 6.45. The molecule has 1 rings (SSSR count). The number of halogens is 1. The van der Waals surface area contributed by atoms with Gasteiger partial charge in [0.2, 0.25) is 5.91 Å². The molecule has 1 N–H and O–H groups in total. The highest BCUT2D eigenvalue weighted by atomic mass is 35.5. The average Bonchev–Trinajstić information content (AvgIpc) is 2.35. The molecule has 106 valence electrons. The minimum atomic E-state index is 0.0587. The summed E-state index contributed by atoms with van der Waals surface area (Å²) in [5, 5.41) is 3.73. The largest absolute Gasteiger partial charge is 0.492 e. The van der Waals surface area contributed by atoms with Gasteiger partial charge in [-0.1, -0.05) is 31.5 Å². The van der Waals surface area contributed by atoms with Crippen molar-refractivity contribution in [2.45, 2.75) is 19.9 Å². The van der Waals surface area contributed by atoms with Gasteiger partial charge >= 0.3 is 0 Å². The van der Waals surface area contributed by atoms with Crippen molar-refractivity contribution >= 4 is 17.5 Å². The maximum atomic E-state index is 11.7. The number of likely N-dealkylation sites (N-methyl/N-ethyl adjacent to an activating group) is 1. The first-order valence-electron chi connectivity index (χ1n) is 6.34. The smallest absolute Gasteiger partial charge is 0.236 e. The minimum absolute atomic E-state index is 0.0587. The molecule has 0 aliphatic heterocycles. The van der Waals surface area contributed by atoms with Crippen LogP contribution in [0.3, 0.4) is 0 Å². The Morgan fingerprint density at radius 1 is 1.47 bits per heavy atom. The number of rotatable bonds is 7. The topological polar surface area (TPSA) is 41.6 Å². The molecular weight excluding hydrogens is 264 g/mol. The summed E-state index contributed by atoms with van der Waals surface area (Å²) >= 11 is 5.85. The molecule has 0 unspecified atom stereocenters. The van der Waals surface area contributed by atoms with Crippen molar-refractivity contribution in [1.82, 2.24) is 10.2 Å². The van der Waals surface area contributed by atoms with E-state index in [1.54, 1.807) is 24.1 Å². The Balaban J connectivity index is 2.26. The number of hydrogen-bond acceptors (Lipinski definition) is 3. The van der Waals surface area contributed by atoms with Crippen molar-refractivity contribution in [3.63, 3.8) is 0 Å². The van der Waals surface area contributed by atoms with E-state index in [0.717, 1.165) is 0 Å². The van der Waals surface area contributed by atoms with Gasteiger partial charge in [-0.15, -0.1) is 0 Å². The van der Waals surface area contributed by atoms with Gasteiger partial charge < -0.3 is 15.0 Å². The van der Waals surface area contributed by atoms with Crippen molar-refractivity contribution in [3.05, 3.63) is 29.3 Å². The highest BCUT2D eigenvalue weighted by Gasteiger charge is 2.08. The van der Waals surface area contributed by atoms with Gasteiger partial charge in [-0.25, -0.2) is 0 Å². The number of carbonyl (C=O) groups excluding carboxylic acids is 1. The van der Waals surface area contributed by atoms with Gasteiger partial charge in [-0.3, -0.25) is 4.79 Å². The fraction of sp³-hybridized carbons (Fsp3) is 0.500. The molecule has 19 heavy (non-hydrogen) atoms. The Morgan fingerprint density at radius 3 is 2.84 bits per heavy atom. The number of hydrogen-bond donors (Lipinski definition) is 1. The number of carbonyl (C=O) groups is 1. The number of nitrogens with one attached hydrogen (secondary N) is 1. The summed E-state index contributed by atoms with van der Waals surface area (Å²) in [6.45, 7) is 5.37. The van der Waals surface area contributed by atoms with Gasteiger partial charge in [0, 0.05) is 18.1 Å². The summed E-state index contributed by atoms with van der Waals surface area (Å²) in [5.74, 6) is 0.775. The second-order valence-electron chi connectivity index (χ2n) is 4.66. The number of ether oxygens (including phenoxy) is 1. The third-order valence-corrected chi connectivity index (χ3v) is 2.81. The average molecular weight is 285 g/mol. The molecule has 1 aromatic rings. The van der Waals surface area contributed by atoms with Gasteiger partial charge in [0.05, 0.1) is 13.1 Å². The Morgan fingerprint density at radius 2 is 2.21 bits per heavy atom. The van der Waals surface area contributed by atoms with E-state index in [1.165, 1.54) is 0 Å². The van der Waals surface area contributed by atoms with Crippen molar-refractivity contribution in [2.24, 2.45) is 0 Å². The highest BCUT2D eigenvalue weighted by molar-refractivity contribution is 6.30. The van der Waals surface area contributed by atoms with E-state index >= 15 is 0 Å². The summed E-state index contributed by atoms with van der Waals surface area (Å²) < 4.78 is 5.53. The van der Waals surface area contributed by atoms with Crippen molar-refractivity contribution < 1.29 is 9.53 Å². The highest BCUT2D eigenvalue weighted by Crippen LogP contribution is 2.16. The quantitative estimate of drug-likeness (QED) is 0.834. The zero-order valence-corrected chi connectivity index (χ0v) is 12.4. The van der Waals surface area contributed by atoms with Crippen molar-refractivity contribution in [3.8, 4) is 5.75 Å². The van der Waals surface area contributed by atoms with E-state index in [2.05, 4.69) is 5.32 Å². The van der Waals surface area contributed by atoms with Crippen LogP contribution >= 0.6 is 11.6 Å². The van der Waals surface area contributed by atoms with Gasteiger partial charge in [0.1, 0.15) is 12.4 Å². The first-order valence-corrected chi connectivity index (χ1v) is 6.72. The Labute approximate surface area is 119 Å². The molecule has 0 fully saturated rings. The predicted molar refractivity (Wildman–Crippen MR) is 77.7 cm³/mol. The number of amides is 1. The van der Waals surface area contributed by atoms with Crippen LogP contribution in [-0.4, -0.2) is 43.6 Å². The molecule has 0 aliphatic rings. The molecular formula is C14H21ClN2O2. The maximum Gasteiger partial charge on any atom is 0.236 e. The molecule has 5 heteroatoms. The van der Waals surface area contributed by atoms with Crippen LogP contribution in [0.15, 0.2) is 24.3 Å². The van der Waals surface area contributed by atoms with Gasteiger partial charge in [0.25, 0.3) is 0 Å². The molecule has 0 radical (unpaired) electrons. The van der Waals surface area contributed by atoms with E-state index in [1.807, 2.05) is 26.0 Å². The van der Waals surface area contributed by atoms with Crippen LogP contribution in [0.1, 0.15) is 13.8 Å². The molecule has 0 spiro atoms. The lowest BCUT2D eigenvalue weighted by atomic mass is 10.3. The minimum Gasteiger partial charge on any atom is -0.492 e. The van der Waals surface area contributed by atoms with Crippen LogP contribution in [0.4, 0.5) is 0 Å².